The molecule has 7 heteroatoms. The number of carbonyl (C=O) groups is 1. The van der Waals surface area contributed by atoms with Gasteiger partial charge in [-0.15, -0.1) is 0 Å². The number of fused-ring (bicyclic) bond motifs is 2. The average molecular weight is 427 g/mol. The van der Waals surface area contributed by atoms with Crippen molar-refractivity contribution in [3.63, 3.8) is 0 Å². The van der Waals surface area contributed by atoms with Crippen LogP contribution in [0.25, 0.3) is 10.9 Å². The molecule has 0 bridgehead atoms. The first-order valence-corrected chi connectivity index (χ1v) is 11.7. The smallest absolute Gasteiger partial charge is 0.240 e. The molecule has 0 saturated carbocycles. The molecule has 0 radical (unpaired) electrons. The molecule has 3 aliphatic rings. The number of ether oxygens (including phenoxy) is 1. The second kappa shape index (κ2) is 8.90. The van der Waals surface area contributed by atoms with E-state index in [2.05, 4.69) is 51.0 Å². The van der Waals surface area contributed by atoms with Gasteiger partial charge in [-0.2, -0.15) is 0 Å². The lowest BCUT2D eigenvalue weighted by atomic mass is 10.1. The van der Waals surface area contributed by atoms with Crippen LogP contribution in [0.4, 0.5) is 0 Å². The largest absolute Gasteiger partial charge is 0.392 e. The summed E-state index contributed by atoms with van der Waals surface area (Å²) < 4.78 is 7.69. The van der Waals surface area contributed by atoms with E-state index >= 15 is 0 Å². The standard InChI is InChI=1S/C24H34N4O3/c1-17-11-27-15-20(29)9-19(27)14-26(17)12-18-13-28(23-7-3-2-6-22(18)23)16-24(30)25-10-21-5-4-8-31-21/h2-3,6-7,13,17,19-21,29H,4-5,8-12,14-16H2,1H3,(H,25,30)/t17-,19+,20-,21-/m1/s1. The second-order valence-corrected chi connectivity index (χ2v) is 9.51. The normalized spacial score (nSPS) is 29.5. The number of nitrogens with zero attached hydrogens (tertiary/aromatic N) is 3. The predicted octanol–water partition coefficient (Wildman–Crippen LogP) is 1.58. The molecule has 3 saturated heterocycles. The molecule has 0 spiro atoms. The molecule has 31 heavy (non-hydrogen) atoms. The van der Waals surface area contributed by atoms with E-state index < -0.39 is 0 Å². The molecule has 0 aliphatic carbocycles. The molecular formula is C24H34N4O3. The summed E-state index contributed by atoms with van der Waals surface area (Å²) >= 11 is 0. The zero-order valence-electron chi connectivity index (χ0n) is 18.4. The van der Waals surface area contributed by atoms with Crippen LogP contribution in [0.2, 0.25) is 0 Å². The molecule has 168 valence electrons. The van der Waals surface area contributed by atoms with Gasteiger partial charge < -0.3 is 19.7 Å². The van der Waals surface area contributed by atoms with Crippen LogP contribution in [-0.4, -0.2) is 82.5 Å². The van der Waals surface area contributed by atoms with Crippen molar-refractivity contribution in [1.29, 1.82) is 0 Å². The number of aromatic nitrogens is 1. The molecule has 7 nitrogen and oxygen atoms in total. The molecule has 1 aromatic heterocycles. The quantitative estimate of drug-likeness (QED) is 0.734. The summed E-state index contributed by atoms with van der Waals surface area (Å²) in [5.41, 5.74) is 2.37. The SMILES string of the molecule is C[C@@H]1CN2C[C@H](O)C[C@H]2CN1Cc1cn(CC(=O)NC[C@H]2CCCO2)c2ccccc12. The maximum absolute atomic E-state index is 12.6. The van der Waals surface area contributed by atoms with Gasteiger partial charge in [0.2, 0.25) is 5.91 Å². The summed E-state index contributed by atoms with van der Waals surface area (Å²) in [5.74, 6) is 0.0322. The van der Waals surface area contributed by atoms with Crippen LogP contribution in [0.1, 0.15) is 31.7 Å². The van der Waals surface area contributed by atoms with Crippen molar-refractivity contribution in [3.05, 3.63) is 36.0 Å². The first kappa shape index (κ1) is 20.9. The van der Waals surface area contributed by atoms with Gasteiger partial charge in [-0.3, -0.25) is 14.6 Å². The fourth-order valence-electron chi connectivity index (χ4n) is 5.54. The Hall–Kier alpha value is -1.93. The highest BCUT2D eigenvalue weighted by molar-refractivity contribution is 5.86. The van der Waals surface area contributed by atoms with Gasteiger partial charge in [-0.05, 0) is 37.8 Å². The lowest BCUT2D eigenvalue weighted by Gasteiger charge is -2.42. The highest BCUT2D eigenvalue weighted by atomic mass is 16.5. The molecule has 0 unspecified atom stereocenters. The number of hydrogen-bond donors (Lipinski definition) is 2. The minimum atomic E-state index is -0.188. The van der Waals surface area contributed by atoms with Crippen molar-refractivity contribution in [2.75, 3.05) is 32.8 Å². The lowest BCUT2D eigenvalue weighted by Crippen LogP contribution is -2.54. The van der Waals surface area contributed by atoms with Gasteiger partial charge >= 0.3 is 0 Å². The zero-order valence-corrected chi connectivity index (χ0v) is 18.4. The Kier molecular flexibility index (Phi) is 6.01. The topological polar surface area (TPSA) is 70.0 Å². The number of rotatable bonds is 6. The van der Waals surface area contributed by atoms with Gasteiger partial charge in [-0.25, -0.2) is 0 Å². The molecule has 5 rings (SSSR count). The molecule has 3 aliphatic heterocycles. The Morgan fingerprint density at radius 2 is 2.13 bits per heavy atom. The summed E-state index contributed by atoms with van der Waals surface area (Å²) in [6.45, 7) is 7.67. The average Bonchev–Trinajstić information content (AvgIpc) is 3.47. The van der Waals surface area contributed by atoms with Gasteiger partial charge in [0.1, 0.15) is 6.54 Å². The van der Waals surface area contributed by atoms with Gasteiger partial charge in [0, 0.05) is 68.5 Å². The van der Waals surface area contributed by atoms with Crippen molar-refractivity contribution in [3.8, 4) is 0 Å². The predicted molar refractivity (Wildman–Crippen MR) is 120 cm³/mol. The van der Waals surface area contributed by atoms with Gasteiger partial charge in [0.15, 0.2) is 0 Å². The van der Waals surface area contributed by atoms with Crippen LogP contribution in [0.15, 0.2) is 30.5 Å². The second-order valence-electron chi connectivity index (χ2n) is 9.51. The third-order valence-corrected chi connectivity index (χ3v) is 7.18. The van der Waals surface area contributed by atoms with Crippen LogP contribution in [0, 0.1) is 0 Å². The highest BCUT2D eigenvalue weighted by Crippen LogP contribution is 2.28. The maximum Gasteiger partial charge on any atom is 0.240 e. The van der Waals surface area contributed by atoms with E-state index in [0.717, 1.165) is 57.6 Å². The number of benzene rings is 1. The third kappa shape index (κ3) is 4.51. The van der Waals surface area contributed by atoms with Crippen molar-refractivity contribution < 1.29 is 14.6 Å². The Morgan fingerprint density at radius 3 is 2.97 bits per heavy atom. The summed E-state index contributed by atoms with van der Waals surface area (Å²) in [6.07, 6.45) is 5.11. The van der Waals surface area contributed by atoms with Crippen LogP contribution in [-0.2, 0) is 22.6 Å². The third-order valence-electron chi connectivity index (χ3n) is 7.18. The minimum Gasteiger partial charge on any atom is -0.392 e. The van der Waals surface area contributed by atoms with E-state index in [1.54, 1.807) is 0 Å². The molecule has 3 fully saturated rings. The monoisotopic (exact) mass is 426 g/mol. The minimum absolute atomic E-state index is 0.0322. The number of hydrogen-bond acceptors (Lipinski definition) is 5. The van der Waals surface area contributed by atoms with E-state index in [4.69, 9.17) is 4.74 Å². The van der Waals surface area contributed by atoms with Crippen molar-refractivity contribution in [2.24, 2.45) is 0 Å². The van der Waals surface area contributed by atoms with E-state index in [9.17, 15) is 9.90 Å². The fourth-order valence-corrected chi connectivity index (χ4v) is 5.54. The molecule has 4 heterocycles. The van der Waals surface area contributed by atoms with Crippen molar-refractivity contribution in [2.45, 2.75) is 63.6 Å². The first-order chi connectivity index (χ1) is 15.1. The van der Waals surface area contributed by atoms with E-state index in [-0.39, 0.29) is 18.1 Å². The van der Waals surface area contributed by atoms with Gasteiger partial charge in [-0.1, -0.05) is 18.2 Å². The Balaban J connectivity index is 1.28. The summed E-state index contributed by atoms with van der Waals surface area (Å²) in [5, 5.41) is 14.3. The van der Waals surface area contributed by atoms with Gasteiger partial charge in [0.25, 0.3) is 0 Å². The number of nitrogens with one attached hydrogen (secondary N) is 1. The Bertz CT molecular complexity index is 923. The molecule has 2 aromatic rings. The van der Waals surface area contributed by atoms with Crippen LogP contribution in [0.3, 0.4) is 0 Å². The van der Waals surface area contributed by atoms with Crippen LogP contribution >= 0.6 is 0 Å². The van der Waals surface area contributed by atoms with Crippen molar-refractivity contribution in [1.82, 2.24) is 19.7 Å². The van der Waals surface area contributed by atoms with E-state index in [1.165, 1.54) is 10.9 Å². The zero-order chi connectivity index (χ0) is 21.4. The van der Waals surface area contributed by atoms with Crippen molar-refractivity contribution >= 4 is 16.8 Å². The summed E-state index contributed by atoms with van der Waals surface area (Å²) in [6, 6.07) is 9.25. The number of para-hydroxylation sites is 1. The summed E-state index contributed by atoms with van der Waals surface area (Å²) in [4.78, 5) is 17.6. The molecule has 1 amide bonds. The first-order valence-electron chi connectivity index (χ1n) is 11.7. The van der Waals surface area contributed by atoms with E-state index in [1.807, 2.05) is 6.07 Å². The number of piperazine rings is 1. The molecule has 4 atom stereocenters. The number of carbonyl (C=O) groups excluding carboxylic acids is 1. The fraction of sp³-hybridized carbons (Fsp3) is 0.625. The highest BCUT2D eigenvalue weighted by Gasteiger charge is 2.38. The van der Waals surface area contributed by atoms with E-state index in [0.29, 0.717) is 25.2 Å². The molecular weight excluding hydrogens is 392 g/mol. The number of aliphatic hydroxyl groups is 1. The van der Waals surface area contributed by atoms with Gasteiger partial charge in [0.05, 0.1) is 12.2 Å². The Labute approximate surface area is 183 Å². The summed E-state index contributed by atoms with van der Waals surface area (Å²) in [7, 11) is 0. The molecule has 2 N–H and O–H groups in total. The van der Waals surface area contributed by atoms with Crippen LogP contribution < -0.4 is 5.32 Å². The number of amides is 1. The maximum atomic E-state index is 12.6. The molecule has 1 aromatic carbocycles. The Morgan fingerprint density at radius 1 is 1.26 bits per heavy atom. The number of aliphatic hydroxyl groups excluding tert-OH is 1. The lowest BCUT2D eigenvalue weighted by molar-refractivity contribution is -0.122. The van der Waals surface area contributed by atoms with Crippen LogP contribution in [0.5, 0.6) is 0 Å².